The number of amides is 1. The zero-order chi connectivity index (χ0) is 18.7. The van der Waals surface area contributed by atoms with E-state index in [-0.39, 0.29) is 19.0 Å². The van der Waals surface area contributed by atoms with E-state index in [1.165, 1.54) is 0 Å². The van der Waals surface area contributed by atoms with Gasteiger partial charge in [0.05, 0.1) is 22.2 Å². The molecule has 7 nitrogen and oxygen atoms in total. The van der Waals surface area contributed by atoms with Gasteiger partial charge in [-0.25, -0.2) is 23.1 Å². The molecule has 3 rings (SSSR count). The molecule has 136 valence electrons. The second kappa shape index (κ2) is 7.48. The first-order chi connectivity index (χ1) is 12.3. The Bertz CT molecular complexity index is 1040. The lowest BCUT2D eigenvalue weighted by molar-refractivity contribution is 0.0954. The van der Waals surface area contributed by atoms with Crippen LogP contribution in [0, 0.1) is 6.92 Å². The molecular formula is C17H18N4O3S2. The Morgan fingerprint density at radius 2 is 1.85 bits per heavy atom. The van der Waals surface area contributed by atoms with Gasteiger partial charge in [-0.2, -0.15) is 0 Å². The second-order valence-electron chi connectivity index (χ2n) is 5.75. The number of aromatic nitrogens is 2. The molecule has 26 heavy (non-hydrogen) atoms. The van der Waals surface area contributed by atoms with Crippen molar-refractivity contribution in [1.82, 2.24) is 20.0 Å². The van der Waals surface area contributed by atoms with Crippen molar-refractivity contribution < 1.29 is 13.2 Å². The van der Waals surface area contributed by atoms with Crippen molar-refractivity contribution in [2.45, 2.75) is 6.92 Å². The smallest absolute Gasteiger partial charge is 0.251 e. The Morgan fingerprint density at radius 3 is 2.54 bits per heavy atom. The van der Waals surface area contributed by atoms with Crippen LogP contribution in [0.15, 0.2) is 35.7 Å². The summed E-state index contributed by atoms with van der Waals surface area (Å²) in [5, 5.41) is 4.66. The molecule has 0 unspecified atom stereocenters. The van der Waals surface area contributed by atoms with E-state index in [0.717, 1.165) is 27.7 Å². The fourth-order valence-electron chi connectivity index (χ4n) is 2.47. The molecule has 2 N–H and O–H groups in total. The number of fused-ring (bicyclic) bond motifs is 1. The summed E-state index contributed by atoms with van der Waals surface area (Å²) in [5.41, 5.74) is 3.18. The van der Waals surface area contributed by atoms with Crippen LogP contribution in [0.5, 0.6) is 0 Å². The number of aryl methyl sites for hydroxylation is 1. The van der Waals surface area contributed by atoms with Crippen molar-refractivity contribution in [3.05, 3.63) is 47.1 Å². The normalized spacial score (nSPS) is 11.6. The van der Waals surface area contributed by atoms with Gasteiger partial charge in [0.15, 0.2) is 0 Å². The van der Waals surface area contributed by atoms with Crippen molar-refractivity contribution in [2.24, 2.45) is 0 Å². The fourth-order valence-corrected chi connectivity index (χ4v) is 3.78. The van der Waals surface area contributed by atoms with E-state index in [2.05, 4.69) is 20.0 Å². The lowest BCUT2D eigenvalue weighted by Gasteiger charge is -2.07. The topological polar surface area (TPSA) is 101 Å². The highest BCUT2D eigenvalue weighted by Gasteiger charge is 2.11. The average molecular weight is 390 g/mol. The van der Waals surface area contributed by atoms with Gasteiger partial charge in [0, 0.05) is 24.2 Å². The Hall–Kier alpha value is -2.36. The summed E-state index contributed by atoms with van der Waals surface area (Å²) in [5.74, 6) is 0.443. The molecule has 0 fully saturated rings. The van der Waals surface area contributed by atoms with Gasteiger partial charge >= 0.3 is 0 Å². The summed E-state index contributed by atoms with van der Waals surface area (Å²) < 4.78 is 25.3. The van der Waals surface area contributed by atoms with Crippen LogP contribution in [0.4, 0.5) is 0 Å². The first kappa shape index (κ1) is 18.4. The summed E-state index contributed by atoms with van der Waals surface area (Å²) in [7, 11) is -3.25. The predicted octanol–water partition coefficient (Wildman–Crippen LogP) is 1.95. The number of carbonyl (C=O) groups is 1. The van der Waals surface area contributed by atoms with Crippen molar-refractivity contribution in [3.8, 4) is 11.3 Å². The Labute approximate surface area is 155 Å². The molecule has 0 aliphatic rings. The van der Waals surface area contributed by atoms with Crippen LogP contribution in [0.2, 0.25) is 0 Å². The fraction of sp³-hybridized carbons (Fsp3) is 0.235. The number of nitrogens with zero attached hydrogens (tertiary/aromatic N) is 2. The van der Waals surface area contributed by atoms with Gasteiger partial charge in [0.1, 0.15) is 5.82 Å². The van der Waals surface area contributed by atoms with E-state index in [1.807, 2.05) is 30.5 Å². The monoisotopic (exact) mass is 390 g/mol. The second-order valence-corrected chi connectivity index (χ2v) is 8.50. The molecule has 0 bridgehead atoms. The predicted molar refractivity (Wildman–Crippen MR) is 103 cm³/mol. The Morgan fingerprint density at radius 1 is 1.12 bits per heavy atom. The van der Waals surface area contributed by atoms with Crippen LogP contribution in [-0.4, -0.2) is 43.6 Å². The number of hydrogen-bond donors (Lipinski definition) is 2. The van der Waals surface area contributed by atoms with Crippen LogP contribution in [0.3, 0.4) is 0 Å². The summed E-state index contributed by atoms with van der Waals surface area (Å²) in [6, 6.07) is 9.12. The molecule has 0 spiro atoms. The first-order valence-corrected chi connectivity index (χ1v) is 10.7. The summed E-state index contributed by atoms with van der Waals surface area (Å²) in [6.45, 7) is 2.22. The highest BCUT2D eigenvalue weighted by molar-refractivity contribution is 7.88. The molecule has 2 aromatic heterocycles. The number of sulfonamides is 1. The van der Waals surface area contributed by atoms with Crippen molar-refractivity contribution in [3.63, 3.8) is 0 Å². The number of hydrogen-bond acceptors (Lipinski definition) is 6. The maximum atomic E-state index is 12.1. The standard InChI is InChI=1S/C17H18N4O3S2/c1-11-20-14-7-10-25-16(14)15(21-11)12-3-5-13(6-4-12)17(22)18-8-9-19-26(2,23)24/h3-7,10,19H,8-9H2,1-2H3,(H,18,22). The van der Waals surface area contributed by atoms with Gasteiger partial charge < -0.3 is 5.32 Å². The van der Waals surface area contributed by atoms with E-state index >= 15 is 0 Å². The minimum Gasteiger partial charge on any atom is -0.351 e. The molecular weight excluding hydrogens is 372 g/mol. The Kier molecular flexibility index (Phi) is 5.30. The molecule has 1 aromatic carbocycles. The van der Waals surface area contributed by atoms with E-state index in [1.54, 1.807) is 23.5 Å². The molecule has 0 saturated heterocycles. The lowest BCUT2D eigenvalue weighted by Crippen LogP contribution is -2.34. The summed E-state index contributed by atoms with van der Waals surface area (Å²) >= 11 is 1.58. The van der Waals surface area contributed by atoms with Crippen LogP contribution in [0.25, 0.3) is 21.5 Å². The van der Waals surface area contributed by atoms with Gasteiger partial charge in [-0.3, -0.25) is 4.79 Å². The summed E-state index contributed by atoms with van der Waals surface area (Å²) in [4.78, 5) is 21.1. The highest BCUT2D eigenvalue weighted by atomic mass is 32.2. The lowest BCUT2D eigenvalue weighted by atomic mass is 10.1. The number of nitrogens with one attached hydrogen (secondary N) is 2. The van der Waals surface area contributed by atoms with Crippen molar-refractivity contribution in [2.75, 3.05) is 19.3 Å². The molecule has 0 radical (unpaired) electrons. The van der Waals surface area contributed by atoms with Crippen LogP contribution in [-0.2, 0) is 10.0 Å². The van der Waals surface area contributed by atoms with Crippen LogP contribution >= 0.6 is 11.3 Å². The average Bonchev–Trinajstić information content (AvgIpc) is 3.05. The molecule has 0 aliphatic heterocycles. The zero-order valence-electron chi connectivity index (χ0n) is 14.3. The molecule has 0 saturated carbocycles. The zero-order valence-corrected chi connectivity index (χ0v) is 15.9. The highest BCUT2D eigenvalue weighted by Crippen LogP contribution is 2.30. The maximum Gasteiger partial charge on any atom is 0.251 e. The SMILES string of the molecule is Cc1nc(-c2ccc(C(=O)NCCNS(C)(=O)=O)cc2)c2sccc2n1. The van der Waals surface area contributed by atoms with E-state index in [9.17, 15) is 13.2 Å². The van der Waals surface area contributed by atoms with Gasteiger partial charge in [-0.15, -0.1) is 11.3 Å². The molecule has 2 heterocycles. The number of rotatable bonds is 6. The van der Waals surface area contributed by atoms with Crippen molar-refractivity contribution >= 4 is 37.5 Å². The van der Waals surface area contributed by atoms with E-state index in [0.29, 0.717) is 11.4 Å². The molecule has 0 atom stereocenters. The third kappa shape index (κ3) is 4.43. The molecule has 1 amide bonds. The molecule has 3 aromatic rings. The number of benzene rings is 1. The minimum absolute atomic E-state index is 0.152. The maximum absolute atomic E-state index is 12.1. The first-order valence-electron chi connectivity index (χ1n) is 7.88. The van der Waals surface area contributed by atoms with Gasteiger partial charge in [0.25, 0.3) is 5.91 Å². The minimum atomic E-state index is -3.25. The third-order valence-corrected chi connectivity index (χ3v) is 5.25. The largest absolute Gasteiger partial charge is 0.351 e. The van der Waals surface area contributed by atoms with Gasteiger partial charge in [0.2, 0.25) is 10.0 Å². The number of carbonyl (C=O) groups excluding carboxylic acids is 1. The number of thiophene rings is 1. The Balaban J connectivity index is 1.72. The quantitative estimate of drug-likeness (QED) is 0.627. The van der Waals surface area contributed by atoms with Crippen molar-refractivity contribution in [1.29, 1.82) is 0 Å². The van der Waals surface area contributed by atoms with E-state index < -0.39 is 10.0 Å². The van der Waals surface area contributed by atoms with Gasteiger partial charge in [-0.05, 0) is 30.5 Å². The molecule has 9 heteroatoms. The summed E-state index contributed by atoms with van der Waals surface area (Å²) in [6.07, 6.45) is 1.08. The van der Waals surface area contributed by atoms with Crippen LogP contribution in [0.1, 0.15) is 16.2 Å². The third-order valence-electron chi connectivity index (χ3n) is 3.61. The molecule has 0 aliphatic carbocycles. The van der Waals surface area contributed by atoms with Crippen LogP contribution < -0.4 is 10.0 Å². The van der Waals surface area contributed by atoms with Gasteiger partial charge in [-0.1, -0.05) is 12.1 Å². The van der Waals surface area contributed by atoms with E-state index in [4.69, 9.17) is 0 Å².